The fourth-order valence-corrected chi connectivity index (χ4v) is 1.86. The molecule has 0 amide bonds. The van der Waals surface area contributed by atoms with Gasteiger partial charge in [-0.25, -0.2) is 4.39 Å². The lowest BCUT2D eigenvalue weighted by Gasteiger charge is -2.18. The van der Waals surface area contributed by atoms with Crippen molar-refractivity contribution in [3.8, 4) is 0 Å². The molecule has 0 aliphatic rings. The van der Waals surface area contributed by atoms with E-state index in [1.807, 2.05) is 0 Å². The van der Waals surface area contributed by atoms with Gasteiger partial charge in [0.05, 0.1) is 0 Å². The second kappa shape index (κ2) is 6.18. The maximum Gasteiger partial charge on any atom is 0.123 e. The van der Waals surface area contributed by atoms with Crippen LogP contribution < -0.4 is 11.3 Å². The fourth-order valence-electron chi connectivity index (χ4n) is 1.61. The lowest BCUT2D eigenvalue weighted by Crippen LogP contribution is -2.28. The number of hydrogen-bond donors (Lipinski definition) is 2. The Balaban J connectivity index is 2.81. The summed E-state index contributed by atoms with van der Waals surface area (Å²) in [4.78, 5) is 0. The summed E-state index contributed by atoms with van der Waals surface area (Å²) in [7, 11) is 0. The van der Waals surface area contributed by atoms with E-state index in [2.05, 4.69) is 19.3 Å². The van der Waals surface area contributed by atoms with Crippen LogP contribution in [-0.2, 0) is 0 Å². The zero-order valence-corrected chi connectivity index (χ0v) is 10.4. The number of nitrogens with two attached hydrogens (primary N) is 1. The molecule has 0 spiro atoms. The van der Waals surface area contributed by atoms with E-state index in [1.54, 1.807) is 6.07 Å². The predicted molar refractivity (Wildman–Crippen MR) is 65.5 cm³/mol. The number of nitrogens with one attached hydrogen (secondary N) is 1. The third-order valence-electron chi connectivity index (χ3n) is 2.57. The minimum Gasteiger partial charge on any atom is -0.271 e. The van der Waals surface area contributed by atoms with E-state index in [1.165, 1.54) is 12.1 Å². The van der Waals surface area contributed by atoms with Gasteiger partial charge in [0.25, 0.3) is 0 Å². The molecule has 0 aromatic heterocycles. The highest BCUT2D eigenvalue weighted by molar-refractivity contribution is 6.31. The maximum atomic E-state index is 13.1. The van der Waals surface area contributed by atoms with Crippen LogP contribution in [0.15, 0.2) is 18.2 Å². The Morgan fingerprint density at radius 1 is 1.38 bits per heavy atom. The lowest BCUT2D eigenvalue weighted by molar-refractivity contribution is 0.447. The highest BCUT2D eigenvalue weighted by atomic mass is 35.5. The zero-order valence-electron chi connectivity index (χ0n) is 9.63. The van der Waals surface area contributed by atoms with Crippen molar-refractivity contribution in [3.63, 3.8) is 0 Å². The van der Waals surface area contributed by atoms with Gasteiger partial charge in [-0.1, -0.05) is 25.4 Å². The summed E-state index contributed by atoms with van der Waals surface area (Å²) in [5.74, 6) is 5.78. The van der Waals surface area contributed by atoms with Crippen molar-refractivity contribution in [2.45, 2.75) is 32.7 Å². The van der Waals surface area contributed by atoms with Gasteiger partial charge < -0.3 is 0 Å². The van der Waals surface area contributed by atoms with Gasteiger partial charge in [-0.05, 0) is 42.5 Å². The van der Waals surface area contributed by atoms with E-state index in [0.29, 0.717) is 10.9 Å². The summed E-state index contributed by atoms with van der Waals surface area (Å²) >= 11 is 6.02. The normalized spacial score (nSPS) is 13.1. The van der Waals surface area contributed by atoms with Crippen molar-refractivity contribution >= 4 is 11.6 Å². The molecule has 0 saturated heterocycles. The Bertz CT molecular complexity index is 342. The van der Waals surface area contributed by atoms with Gasteiger partial charge in [0.15, 0.2) is 0 Å². The topological polar surface area (TPSA) is 38.0 Å². The molecule has 0 heterocycles. The largest absolute Gasteiger partial charge is 0.271 e. The number of hydrazine groups is 1. The summed E-state index contributed by atoms with van der Waals surface area (Å²) in [6.07, 6.45) is 1.86. The fraction of sp³-hybridized carbons (Fsp3) is 0.500. The molecule has 16 heavy (non-hydrogen) atoms. The zero-order chi connectivity index (χ0) is 12.1. The van der Waals surface area contributed by atoms with Gasteiger partial charge in [0.2, 0.25) is 0 Å². The minimum atomic E-state index is -0.288. The molecule has 0 aliphatic heterocycles. The molecular formula is C12H18ClFN2. The van der Waals surface area contributed by atoms with Crippen molar-refractivity contribution in [1.82, 2.24) is 5.43 Å². The standard InChI is InChI=1S/C12H18ClFN2/c1-8(2)3-6-12(16-15)10-7-9(14)4-5-11(10)13/h4-5,7-8,12,16H,3,6,15H2,1-2H3. The van der Waals surface area contributed by atoms with Crippen molar-refractivity contribution < 1.29 is 4.39 Å². The Morgan fingerprint density at radius 3 is 2.62 bits per heavy atom. The first-order chi connectivity index (χ1) is 7.54. The van der Waals surface area contributed by atoms with Crippen LogP contribution in [0.3, 0.4) is 0 Å². The summed E-state index contributed by atoms with van der Waals surface area (Å²) < 4.78 is 13.1. The van der Waals surface area contributed by atoms with Gasteiger partial charge in [-0.2, -0.15) is 0 Å². The van der Waals surface area contributed by atoms with Gasteiger partial charge in [0, 0.05) is 11.1 Å². The number of hydrogen-bond acceptors (Lipinski definition) is 2. The van der Waals surface area contributed by atoms with Gasteiger partial charge >= 0.3 is 0 Å². The Morgan fingerprint density at radius 2 is 2.06 bits per heavy atom. The molecule has 90 valence electrons. The molecule has 1 rings (SSSR count). The Labute approximate surface area is 101 Å². The molecule has 1 aromatic carbocycles. The van der Waals surface area contributed by atoms with Crippen LogP contribution in [0.1, 0.15) is 38.3 Å². The highest BCUT2D eigenvalue weighted by Crippen LogP contribution is 2.27. The average Bonchev–Trinajstić information content (AvgIpc) is 2.23. The second-order valence-electron chi connectivity index (χ2n) is 4.36. The molecule has 0 bridgehead atoms. The third-order valence-corrected chi connectivity index (χ3v) is 2.91. The van der Waals surface area contributed by atoms with Crippen LogP contribution >= 0.6 is 11.6 Å². The first kappa shape index (κ1) is 13.4. The van der Waals surface area contributed by atoms with Gasteiger partial charge in [0.1, 0.15) is 5.82 Å². The molecule has 1 aromatic rings. The molecule has 3 N–H and O–H groups in total. The van der Waals surface area contributed by atoms with E-state index < -0.39 is 0 Å². The van der Waals surface area contributed by atoms with E-state index in [9.17, 15) is 4.39 Å². The van der Waals surface area contributed by atoms with Crippen LogP contribution in [-0.4, -0.2) is 0 Å². The van der Waals surface area contributed by atoms with Crippen LogP contribution in [0, 0.1) is 11.7 Å². The van der Waals surface area contributed by atoms with E-state index in [0.717, 1.165) is 18.4 Å². The van der Waals surface area contributed by atoms with E-state index >= 15 is 0 Å². The van der Waals surface area contributed by atoms with Crippen molar-refractivity contribution in [2.75, 3.05) is 0 Å². The average molecular weight is 245 g/mol. The molecule has 0 radical (unpaired) electrons. The van der Waals surface area contributed by atoms with Crippen LogP contribution in [0.25, 0.3) is 0 Å². The lowest BCUT2D eigenvalue weighted by atomic mass is 9.98. The maximum absolute atomic E-state index is 13.1. The first-order valence-electron chi connectivity index (χ1n) is 5.45. The Kier molecular flexibility index (Phi) is 5.19. The monoisotopic (exact) mass is 244 g/mol. The molecule has 1 atom stereocenters. The van der Waals surface area contributed by atoms with Crippen LogP contribution in [0.5, 0.6) is 0 Å². The molecule has 0 fully saturated rings. The van der Waals surface area contributed by atoms with Crippen molar-refractivity contribution in [2.24, 2.45) is 11.8 Å². The van der Waals surface area contributed by atoms with Crippen molar-refractivity contribution in [3.05, 3.63) is 34.6 Å². The molecule has 0 aliphatic carbocycles. The Hall–Kier alpha value is -0.640. The summed E-state index contributed by atoms with van der Waals surface area (Å²) in [6.45, 7) is 4.28. The number of rotatable bonds is 5. The minimum absolute atomic E-state index is 0.0920. The molecule has 0 saturated carbocycles. The molecule has 1 unspecified atom stereocenters. The summed E-state index contributed by atoms with van der Waals surface area (Å²) in [6, 6.07) is 4.26. The molecule has 4 heteroatoms. The van der Waals surface area contributed by atoms with Crippen molar-refractivity contribution in [1.29, 1.82) is 0 Å². The smallest absolute Gasteiger partial charge is 0.123 e. The highest BCUT2D eigenvalue weighted by Gasteiger charge is 2.14. The summed E-state index contributed by atoms with van der Waals surface area (Å²) in [5.41, 5.74) is 3.42. The van der Waals surface area contributed by atoms with E-state index in [4.69, 9.17) is 17.4 Å². The van der Waals surface area contributed by atoms with Gasteiger partial charge in [-0.15, -0.1) is 0 Å². The summed E-state index contributed by atoms with van der Waals surface area (Å²) in [5, 5.41) is 0.549. The SMILES string of the molecule is CC(C)CCC(NN)c1cc(F)ccc1Cl. The third kappa shape index (κ3) is 3.74. The van der Waals surface area contributed by atoms with Crippen LogP contribution in [0.2, 0.25) is 5.02 Å². The quantitative estimate of drug-likeness (QED) is 0.615. The second-order valence-corrected chi connectivity index (χ2v) is 4.76. The molecular weight excluding hydrogens is 227 g/mol. The number of halogens is 2. The number of benzene rings is 1. The predicted octanol–water partition coefficient (Wildman–Crippen LogP) is 3.42. The van der Waals surface area contributed by atoms with Gasteiger partial charge in [-0.3, -0.25) is 11.3 Å². The van der Waals surface area contributed by atoms with E-state index in [-0.39, 0.29) is 11.9 Å². The van der Waals surface area contributed by atoms with Crippen LogP contribution in [0.4, 0.5) is 4.39 Å². The molecule has 2 nitrogen and oxygen atoms in total. The first-order valence-corrected chi connectivity index (χ1v) is 5.83.